The summed E-state index contributed by atoms with van der Waals surface area (Å²) in [4.78, 5) is 22.1. The molecule has 0 saturated carbocycles. The summed E-state index contributed by atoms with van der Waals surface area (Å²) in [7, 11) is -2.48. The molecule has 3 rings (SSSR count). The van der Waals surface area contributed by atoms with Gasteiger partial charge < -0.3 is 4.74 Å². The van der Waals surface area contributed by atoms with E-state index < -0.39 is 26.6 Å². The minimum absolute atomic E-state index is 0.0582. The number of benzene rings is 2. The SMILES string of the molecule is COC(=O)c1ccc(C=NNc2ccc(S(=O)(=O)N3CCCC3)cc2[N+](=O)[O-])cc1. The Morgan fingerprint density at radius 2 is 1.87 bits per heavy atom. The molecule has 1 heterocycles. The summed E-state index contributed by atoms with van der Waals surface area (Å²) in [5, 5.41) is 15.4. The molecule has 0 aliphatic carbocycles. The van der Waals surface area contributed by atoms with Crippen LogP contribution in [0.1, 0.15) is 28.8 Å². The number of rotatable bonds is 7. The molecule has 0 aromatic heterocycles. The third-order valence-electron chi connectivity index (χ3n) is 4.60. The zero-order valence-electron chi connectivity index (χ0n) is 16.1. The molecular weight excluding hydrogens is 412 g/mol. The maximum Gasteiger partial charge on any atom is 0.337 e. The Balaban J connectivity index is 1.78. The summed E-state index contributed by atoms with van der Waals surface area (Å²) in [6.45, 7) is 0.824. The second-order valence-corrected chi connectivity index (χ2v) is 8.47. The third-order valence-corrected chi connectivity index (χ3v) is 6.49. The maximum absolute atomic E-state index is 12.6. The fourth-order valence-electron chi connectivity index (χ4n) is 2.99. The molecule has 0 amide bonds. The molecule has 1 fully saturated rings. The van der Waals surface area contributed by atoms with Crippen molar-refractivity contribution in [1.29, 1.82) is 0 Å². The van der Waals surface area contributed by atoms with Crippen molar-refractivity contribution in [3.63, 3.8) is 0 Å². The summed E-state index contributed by atoms with van der Waals surface area (Å²) < 4.78 is 31.2. The van der Waals surface area contributed by atoms with Crippen LogP contribution in [0.4, 0.5) is 11.4 Å². The van der Waals surface area contributed by atoms with Crippen molar-refractivity contribution in [3.8, 4) is 0 Å². The van der Waals surface area contributed by atoms with E-state index in [0.29, 0.717) is 24.2 Å². The van der Waals surface area contributed by atoms with E-state index in [1.54, 1.807) is 24.3 Å². The molecule has 0 bridgehead atoms. The minimum atomic E-state index is -3.76. The second-order valence-electron chi connectivity index (χ2n) is 6.53. The highest BCUT2D eigenvalue weighted by molar-refractivity contribution is 7.89. The molecule has 0 radical (unpaired) electrons. The molecule has 10 nitrogen and oxygen atoms in total. The van der Waals surface area contributed by atoms with Gasteiger partial charge in [-0.15, -0.1) is 0 Å². The molecule has 158 valence electrons. The fraction of sp³-hybridized carbons (Fsp3) is 0.263. The number of nitro groups is 1. The van der Waals surface area contributed by atoms with Crippen LogP contribution in [0.25, 0.3) is 0 Å². The van der Waals surface area contributed by atoms with Crippen molar-refractivity contribution in [2.45, 2.75) is 17.7 Å². The van der Waals surface area contributed by atoms with Gasteiger partial charge in [-0.2, -0.15) is 9.41 Å². The number of hydrogen-bond donors (Lipinski definition) is 1. The van der Waals surface area contributed by atoms with Crippen LogP contribution >= 0.6 is 0 Å². The lowest BCUT2D eigenvalue weighted by Gasteiger charge is -2.15. The highest BCUT2D eigenvalue weighted by Gasteiger charge is 2.29. The lowest BCUT2D eigenvalue weighted by Crippen LogP contribution is -2.27. The molecular formula is C19H20N4O6S. The Kier molecular flexibility index (Phi) is 6.43. The predicted molar refractivity (Wildman–Crippen MR) is 110 cm³/mol. The Morgan fingerprint density at radius 3 is 2.47 bits per heavy atom. The van der Waals surface area contributed by atoms with E-state index in [9.17, 15) is 23.3 Å². The monoisotopic (exact) mass is 432 g/mol. The average molecular weight is 432 g/mol. The first-order valence-corrected chi connectivity index (χ1v) is 10.5. The van der Waals surface area contributed by atoms with Gasteiger partial charge in [0.1, 0.15) is 5.69 Å². The number of ether oxygens (including phenoxy) is 1. The number of methoxy groups -OCH3 is 1. The van der Waals surface area contributed by atoms with Crippen LogP contribution in [0.5, 0.6) is 0 Å². The largest absolute Gasteiger partial charge is 0.465 e. The highest BCUT2D eigenvalue weighted by atomic mass is 32.2. The number of carbonyl (C=O) groups is 1. The summed E-state index contributed by atoms with van der Waals surface area (Å²) in [5.74, 6) is -0.462. The van der Waals surface area contributed by atoms with Crippen molar-refractivity contribution in [3.05, 3.63) is 63.7 Å². The molecule has 1 aliphatic rings. The van der Waals surface area contributed by atoms with E-state index in [1.165, 1.54) is 29.8 Å². The molecule has 0 spiro atoms. The summed E-state index contributed by atoms with van der Waals surface area (Å²) in [6.07, 6.45) is 2.96. The van der Waals surface area contributed by atoms with Gasteiger partial charge in [-0.05, 0) is 42.7 Å². The first-order valence-electron chi connectivity index (χ1n) is 9.09. The van der Waals surface area contributed by atoms with Crippen molar-refractivity contribution in [1.82, 2.24) is 4.31 Å². The van der Waals surface area contributed by atoms with Crippen LogP contribution in [0, 0.1) is 10.1 Å². The van der Waals surface area contributed by atoms with Crippen molar-refractivity contribution in [2.75, 3.05) is 25.6 Å². The summed E-state index contributed by atoms with van der Waals surface area (Å²) in [5.41, 5.74) is 3.26. The van der Waals surface area contributed by atoms with Crippen molar-refractivity contribution in [2.24, 2.45) is 5.10 Å². The van der Waals surface area contributed by atoms with E-state index in [1.807, 2.05) is 0 Å². The molecule has 0 unspecified atom stereocenters. The number of nitrogens with zero attached hydrogens (tertiary/aromatic N) is 3. The molecule has 1 N–H and O–H groups in total. The molecule has 0 atom stereocenters. The fourth-order valence-corrected chi connectivity index (χ4v) is 4.53. The Bertz CT molecular complexity index is 1080. The standard InChI is InChI=1S/C19H20N4O6S/c1-29-19(24)15-6-4-14(5-7-15)13-20-21-17-9-8-16(12-18(17)23(25)26)30(27,28)22-10-2-3-11-22/h4-9,12-13,21H,2-3,10-11H2,1H3. The van der Waals surface area contributed by atoms with Gasteiger partial charge in [0.15, 0.2) is 0 Å². The van der Waals surface area contributed by atoms with Gasteiger partial charge in [-0.1, -0.05) is 12.1 Å². The number of carbonyl (C=O) groups excluding carboxylic acids is 1. The van der Waals surface area contributed by atoms with E-state index in [0.717, 1.165) is 18.9 Å². The van der Waals surface area contributed by atoms with Crippen molar-refractivity contribution < 1.29 is 22.9 Å². The van der Waals surface area contributed by atoms with Crippen LogP contribution in [-0.4, -0.2) is 50.0 Å². The molecule has 2 aromatic carbocycles. The van der Waals surface area contributed by atoms with Crippen LogP contribution in [0.15, 0.2) is 52.5 Å². The van der Waals surface area contributed by atoms with Crippen LogP contribution in [0.2, 0.25) is 0 Å². The topological polar surface area (TPSA) is 131 Å². The number of sulfonamides is 1. The van der Waals surface area contributed by atoms with E-state index in [-0.39, 0.29) is 10.6 Å². The van der Waals surface area contributed by atoms with Gasteiger partial charge in [0.25, 0.3) is 5.69 Å². The van der Waals surface area contributed by atoms with Gasteiger partial charge in [-0.3, -0.25) is 15.5 Å². The Hall–Kier alpha value is -3.31. The first kappa shape index (κ1) is 21.4. The van der Waals surface area contributed by atoms with Gasteiger partial charge in [0.2, 0.25) is 10.0 Å². The number of hydrazone groups is 1. The van der Waals surface area contributed by atoms with Crippen LogP contribution in [0.3, 0.4) is 0 Å². The quantitative estimate of drug-likeness (QED) is 0.308. The zero-order chi connectivity index (χ0) is 21.7. The second kappa shape index (κ2) is 9.01. The number of anilines is 1. The first-order chi connectivity index (χ1) is 14.3. The number of esters is 1. The average Bonchev–Trinajstić information content (AvgIpc) is 3.29. The molecule has 1 saturated heterocycles. The number of hydrogen-bond acceptors (Lipinski definition) is 8. The summed E-state index contributed by atoms with van der Waals surface area (Å²) in [6, 6.07) is 10.1. The van der Waals surface area contributed by atoms with Crippen LogP contribution in [-0.2, 0) is 14.8 Å². The Morgan fingerprint density at radius 1 is 1.20 bits per heavy atom. The zero-order valence-corrected chi connectivity index (χ0v) is 17.0. The number of nitro benzene ring substituents is 1. The Labute approximate surface area is 173 Å². The molecule has 11 heteroatoms. The highest BCUT2D eigenvalue weighted by Crippen LogP contribution is 2.30. The molecule has 30 heavy (non-hydrogen) atoms. The summed E-state index contributed by atoms with van der Waals surface area (Å²) >= 11 is 0. The van der Waals surface area contributed by atoms with Gasteiger partial charge in [0.05, 0.1) is 28.7 Å². The maximum atomic E-state index is 12.6. The van der Waals surface area contributed by atoms with Gasteiger partial charge >= 0.3 is 5.97 Å². The third kappa shape index (κ3) is 4.63. The lowest BCUT2D eigenvalue weighted by atomic mass is 10.1. The van der Waals surface area contributed by atoms with Gasteiger partial charge in [0, 0.05) is 19.2 Å². The van der Waals surface area contributed by atoms with Gasteiger partial charge in [-0.25, -0.2) is 13.2 Å². The lowest BCUT2D eigenvalue weighted by molar-refractivity contribution is -0.384. The van der Waals surface area contributed by atoms with Crippen LogP contribution < -0.4 is 5.43 Å². The van der Waals surface area contributed by atoms with E-state index in [4.69, 9.17) is 0 Å². The normalized spacial score (nSPS) is 14.7. The van der Waals surface area contributed by atoms with Crippen molar-refractivity contribution >= 4 is 33.6 Å². The molecule has 1 aliphatic heterocycles. The van der Waals surface area contributed by atoms with E-state index in [2.05, 4.69) is 15.3 Å². The molecule has 2 aromatic rings. The smallest absolute Gasteiger partial charge is 0.337 e. The predicted octanol–water partition coefficient (Wildman–Crippen LogP) is 2.61. The number of nitrogens with one attached hydrogen (secondary N) is 1. The minimum Gasteiger partial charge on any atom is -0.465 e. The van der Waals surface area contributed by atoms with E-state index >= 15 is 0 Å².